The van der Waals surface area contributed by atoms with Crippen molar-refractivity contribution >= 4 is 11.9 Å². The molecule has 4 rings (SSSR count). The minimum atomic E-state index is -0.902. The first kappa shape index (κ1) is 26.2. The van der Waals surface area contributed by atoms with Gasteiger partial charge in [-0.2, -0.15) is 0 Å². The van der Waals surface area contributed by atoms with Gasteiger partial charge in [-0.1, -0.05) is 60.7 Å². The first-order valence-electron chi connectivity index (χ1n) is 12.2. The molecule has 2 aromatic rings. The van der Waals surface area contributed by atoms with Gasteiger partial charge < -0.3 is 33.7 Å². The minimum absolute atomic E-state index is 0.218. The summed E-state index contributed by atoms with van der Waals surface area (Å²) >= 11 is 0. The number of carbonyl (C=O) groups is 2. The maximum absolute atomic E-state index is 12.4. The second kappa shape index (κ2) is 12.4. The van der Waals surface area contributed by atoms with E-state index in [1.165, 1.54) is 6.92 Å². The Labute approximate surface area is 211 Å². The quantitative estimate of drug-likeness (QED) is 0.526. The van der Waals surface area contributed by atoms with Crippen LogP contribution >= 0.6 is 0 Å². The van der Waals surface area contributed by atoms with E-state index < -0.39 is 49.0 Å². The van der Waals surface area contributed by atoms with Crippen LogP contribution in [0.1, 0.15) is 38.2 Å². The molecule has 9 heteroatoms. The van der Waals surface area contributed by atoms with Crippen LogP contribution in [0, 0.1) is 0 Å². The predicted molar refractivity (Wildman–Crippen MR) is 128 cm³/mol. The summed E-state index contributed by atoms with van der Waals surface area (Å²) in [6, 6.07) is 18.4. The van der Waals surface area contributed by atoms with Gasteiger partial charge in [0.1, 0.15) is 24.4 Å². The lowest BCUT2D eigenvalue weighted by Gasteiger charge is -2.49. The second-order valence-corrected chi connectivity index (χ2v) is 8.74. The van der Waals surface area contributed by atoms with Crippen LogP contribution in [0.15, 0.2) is 60.7 Å². The lowest BCUT2D eigenvalue weighted by atomic mass is 9.95. The summed E-state index contributed by atoms with van der Waals surface area (Å²) in [6.45, 7) is 5.45. The molecule has 9 nitrogen and oxygen atoms in total. The second-order valence-electron chi connectivity index (χ2n) is 8.74. The first-order valence-corrected chi connectivity index (χ1v) is 12.2. The summed E-state index contributed by atoms with van der Waals surface area (Å²) < 4.78 is 36.0. The highest BCUT2D eigenvalue weighted by molar-refractivity contribution is 5.74. The van der Waals surface area contributed by atoms with Crippen LogP contribution in [0.5, 0.6) is 0 Å². The van der Waals surface area contributed by atoms with E-state index >= 15 is 0 Å². The third-order valence-corrected chi connectivity index (χ3v) is 6.02. The molecule has 2 aliphatic heterocycles. The molecule has 2 saturated heterocycles. The summed E-state index contributed by atoms with van der Waals surface area (Å²) in [5.74, 6) is -0.796. The molecule has 0 spiro atoms. The van der Waals surface area contributed by atoms with Crippen molar-refractivity contribution < 1.29 is 38.0 Å². The average molecular weight is 500 g/mol. The van der Waals surface area contributed by atoms with Gasteiger partial charge in [-0.15, -0.1) is 0 Å². The molecular weight excluding hydrogens is 466 g/mol. The first-order chi connectivity index (χ1) is 17.5. The van der Waals surface area contributed by atoms with Crippen molar-refractivity contribution in [2.45, 2.75) is 70.4 Å². The van der Waals surface area contributed by atoms with Crippen LogP contribution in [0.4, 0.5) is 0 Å². The molecule has 0 aromatic heterocycles. The molecule has 2 fully saturated rings. The Bertz CT molecular complexity index is 988. The number of rotatable bonds is 9. The van der Waals surface area contributed by atoms with E-state index in [1.807, 2.05) is 60.7 Å². The molecule has 0 aliphatic carbocycles. The van der Waals surface area contributed by atoms with Crippen molar-refractivity contribution in [3.8, 4) is 0 Å². The van der Waals surface area contributed by atoms with E-state index in [-0.39, 0.29) is 25.7 Å². The van der Waals surface area contributed by atoms with Gasteiger partial charge in [0.2, 0.25) is 5.91 Å². The van der Waals surface area contributed by atoms with Gasteiger partial charge in [-0.05, 0) is 19.4 Å². The number of hydrogen-bond acceptors (Lipinski definition) is 8. The molecule has 36 heavy (non-hydrogen) atoms. The lowest BCUT2D eigenvalue weighted by Crippen LogP contribution is -2.68. The maximum atomic E-state index is 12.4. The zero-order chi connectivity index (χ0) is 25.5. The van der Waals surface area contributed by atoms with Crippen molar-refractivity contribution in [1.82, 2.24) is 5.32 Å². The van der Waals surface area contributed by atoms with E-state index in [0.717, 1.165) is 11.1 Å². The third kappa shape index (κ3) is 6.48. The number of nitrogens with one attached hydrogen (secondary N) is 1. The van der Waals surface area contributed by atoms with E-state index in [9.17, 15) is 9.59 Å². The molecule has 0 saturated carbocycles. The fourth-order valence-electron chi connectivity index (χ4n) is 4.35. The van der Waals surface area contributed by atoms with Gasteiger partial charge in [0.25, 0.3) is 0 Å². The van der Waals surface area contributed by atoms with Crippen LogP contribution < -0.4 is 5.32 Å². The van der Waals surface area contributed by atoms with Gasteiger partial charge in [-0.25, -0.2) is 4.79 Å². The van der Waals surface area contributed by atoms with Gasteiger partial charge in [0, 0.05) is 12.5 Å². The van der Waals surface area contributed by atoms with Crippen molar-refractivity contribution in [1.29, 1.82) is 0 Å². The monoisotopic (exact) mass is 499 g/mol. The highest BCUT2D eigenvalue weighted by Crippen LogP contribution is 2.36. The summed E-state index contributed by atoms with van der Waals surface area (Å²) in [7, 11) is 0. The highest BCUT2D eigenvalue weighted by atomic mass is 16.8. The standard InChI is InChI=1S/C27H33NO8/c1-4-31-25(30)17(2)34-24-22(28-18(3)29)27(32-15-19-11-7-5-8-12-19)35-21-16-33-26(36-23(21)24)20-13-9-6-10-14-20/h5-14,17,21-24,26-27H,4,15-16H2,1-3H3,(H,28,29). The topological polar surface area (TPSA) is 102 Å². The van der Waals surface area contributed by atoms with Crippen molar-refractivity contribution in [3.05, 3.63) is 71.8 Å². The summed E-state index contributed by atoms with van der Waals surface area (Å²) in [5, 5.41) is 2.90. The maximum Gasteiger partial charge on any atom is 0.334 e. The van der Waals surface area contributed by atoms with Crippen LogP contribution in [0.25, 0.3) is 0 Å². The molecule has 1 N–H and O–H groups in total. The Kier molecular flexibility index (Phi) is 9.06. The van der Waals surface area contributed by atoms with Crippen LogP contribution in [0.3, 0.4) is 0 Å². The number of carbonyl (C=O) groups excluding carboxylic acids is 2. The minimum Gasteiger partial charge on any atom is -0.464 e. The normalized spacial score (nSPS) is 28.5. The van der Waals surface area contributed by atoms with Crippen LogP contribution in [-0.4, -0.2) is 61.8 Å². The number of ether oxygens (including phenoxy) is 6. The molecule has 7 atom stereocenters. The van der Waals surface area contributed by atoms with Crippen molar-refractivity contribution in [3.63, 3.8) is 0 Å². The predicted octanol–water partition coefficient (Wildman–Crippen LogP) is 2.88. The Morgan fingerprint density at radius 3 is 2.42 bits per heavy atom. The Morgan fingerprint density at radius 1 is 1.06 bits per heavy atom. The molecule has 1 amide bonds. The van der Waals surface area contributed by atoms with E-state index in [0.29, 0.717) is 0 Å². The largest absolute Gasteiger partial charge is 0.464 e. The third-order valence-electron chi connectivity index (χ3n) is 6.02. The fourth-order valence-corrected chi connectivity index (χ4v) is 4.35. The number of hydrogen-bond donors (Lipinski definition) is 1. The molecule has 7 unspecified atom stereocenters. The van der Waals surface area contributed by atoms with Crippen molar-refractivity contribution in [2.24, 2.45) is 0 Å². The molecule has 2 aromatic carbocycles. The van der Waals surface area contributed by atoms with E-state index in [1.54, 1.807) is 13.8 Å². The molecule has 2 aliphatic rings. The van der Waals surface area contributed by atoms with Gasteiger partial charge in [0.05, 0.1) is 19.8 Å². The van der Waals surface area contributed by atoms with Crippen LogP contribution in [-0.2, 0) is 44.6 Å². The molecule has 194 valence electrons. The zero-order valence-electron chi connectivity index (χ0n) is 20.7. The number of fused-ring (bicyclic) bond motifs is 1. The smallest absolute Gasteiger partial charge is 0.334 e. The van der Waals surface area contributed by atoms with Gasteiger partial charge >= 0.3 is 5.97 Å². The Balaban J connectivity index is 1.60. The van der Waals surface area contributed by atoms with Crippen molar-refractivity contribution in [2.75, 3.05) is 13.2 Å². The molecule has 0 radical (unpaired) electrons. The average Bonchev–Trinajstić information content (AvgIpc) is 2.89. The molecule has 2 heterocycles. The fraction of sp³-hybridized carbons (Fsp3) is 0.481. The highest BCUT2D eigenvalue weighted by Gasteiger charge is 2.52. The van der Waals surface area contributed by atoms with E-state index in [2.05, 4.69) is 5.32 Å². The molecular formula is C27H33NO8. The Morgan fingerprint density at radius 2 is 1.75 bits per heavy atom. The van der Waals surface area contributed by atoms with Crippen LogP contribution in [0.2, 0.25) is 0 Å². The SMILES string of the molecule is CCOC(=O)C(C)OC1C(NC(C)=O)C(OCc2ccccc2)OC2COC(c3ccccc3)OC21. The number of esters is 1. The molecule has 0 bridgehead atoms. The summed E-state index contributed by atoms with van der Waals surface area (Å²) in [4.78, 5) is 24.6. The number of benzene rings is 2. The summed E-state index contributed by atoms with van der Waals surface area (Å²) in [5.41, 5.74) is 1.79. The Hall–Kier alpha value is -2.82. The summed E-state index contributed by atoms with van der Waals surface area (Å²) in [6.07, 6.45) is -4.39. The lowest BCUT2D eigenvalue weighted by molar-refractivity contribution is -0.352. The number of amides is 1. The van der Waals surface area contributed by atoms with E-state index in [4.69, 9.17) is 28.4 Å². The van der Waals surface area contributed by atoms with Gasteiger partial charge in [0.15, 0.2) is 18.7 Å². The zero-order valence-corrected chi connectivity index (χ0v) is 20.7. The van der Waals surface area contributed by atoms with Gasteiger partial charge in [-0.3, -0.25) is 4.79 Å².